The van der Waals surface area contributed by atoms with E-state index in [9.17, 15) is 0 Å². The van der Waals surface area contributed by atoms with Crippen molar-refractivity contribution in [3.05, 3.63) is 42.6 Å². The first-order chi connectivity index (χ1) is 16.7. The number of hydrogen-bond acceptors (Lipinski definition) is 9. The van der Waals surface area contributed by atoms with Crippen LogP contribution >= 0.6 is 11.9 Å². The molecule has 0 unspecified atom stereocenters. The van der Waals surface area contributed by atoms with Gasteiger partial charge in [-0.3, -0.25) is 4.57 Å². The zero-order valence-corrected chi connectivity index (χ0v) is 20.1. The maximum absolute atomic E-state index is 5.68. The van der Waals surface area contributed by atoms with Crippen molar-refractivity contribution in [3.8, 4) is 46.4 Å². The first-order valence-electron chi connectivity index (χ1n) is 10.5. The molecule has 4 aromatic rings. The molecule has 0 saturated heterocycles. The number of methoxy groups -OCH3 is 2. The standard InChI is InChI=1S/C24H24N6O3S/c1-5-7-14-34-29-19-15-25-22-24(27-19)30(21-17(31-3)11-9-12-18(21)32-4)23(28-22)16-10-8-13-20(26-16)33-6-2/h8-13,15H,6,14H2,1-4H3,(H,27,29). The SMILES string of the molecule is CC#CCSNc1cnc2nc(-c3cccc(OCC)n3)n(-c3c(OC)cccc3OC)c2n1. The molecular weight excluding hydrogens is 452 g/mol. The van der Waals surface area contributed by atoms with Crippen molar-refractivity contribution in [2.75, 3.05) is 31.3 Å². The van der Waals surface area contributed by atoms with Gasteiger partial charge in [-0.1, -0.05) is 18.1 Å². The molecule has 1 N–H and O–H groups in total. The summed E-state index contributed by atoms with van der Waals surface area (Å²) in [6.45, 7) is 4.23. The first kappa shape index (κ1) is 23.2. The maximum atomic E-state index is 5.68. The van der Waals surface area contributed by atoms with Crippen molar-refractivity contribution in [1.82, 2.24) is 24.5 Å². The third-order valence-corrected chi connectivity index (χ3v) is 5.38. The number of aromatic nitrogens is 5. The van der Waals surface area contributed by atoms with Gasteiger partial charge in [0.1, 0.15) is 22.9 Å². The lowest BCUT2D eigenvalue weighted by Gasteiger charge is -2.16. The summed E-state index contributed by atoms with van der Waals surface area (Å²) in [5, 5.41) is 0. The summed E-state index contributed by atoms with van der Waals surface area (Å²) in [7, 11) is 3.21. The predicted molar refractivity (Wildman–Crippen MR) is 134 cm³/mol. The second kappa shape index (κ2) is 10.8. The fraction of sp³-hybridized carbons (Fsp3) is 0.250. The monoisotopic (exact) mass is 476 g/mol. The van der Waals surface area contributed by atoms with E-state index in [0.29, 0.717) is 64.1 Å². The molecule has 1 aromatic carbocycles. The van der Waals surface area contributed by atoms with Crippen LogP contribution in [0, 0.1) is 11.8 Å². The lowest BCUT2D eigenvalue weighted by Crippen LogP contribution is -2.06. The smallest absolute Gasteiger partial charge is 0.213 e. The number of hydrogen-bond donors (Lipinski definition) is 1. The van der Waals surface area contributed by atoms with Crippen LogP contribution in [0.15, 0.2) is 42.6 Å². The van der Waals surface area contributed by atoms with Gasteiger partial charge < -0.3 is 18.9 Å². The Labute approximate surface area is 202 Å². The summed E-state index contributed by atoms with van der Waals surface area (Å²) in [6.07, 6.45) is 1.64. The van der Waals surface area contributed by atoms with Crippen LogP contribution in [0.5, 0.6) is 17.4 Å². The molecule has 9 nitrogen and oxygen atoms in total. The predicted octanol–water partition coefficient (Wildman–Crippen LogP) is 4.38. The zero-order chi connectivity index (χ0) is 23.9. The molecular formula is C24H24N6O3S. The van der Waals surface area contributed by atoms with Crippen LogP contribution in [0.4, 0.5) is 5.82 Å². The Morgan fingerprint density at radius 3 is 2.50 bits per heavy atom. The van der Waals surface area contributed by atoms with Crippen molar-refractivity contribution >= 4 is 29.1 Å². The minimum atomic E-state index is 0.454. The Bertz CT molecular complexity index is 1340. The van der Waals surface area contributed by atoms with Gasteiger partial charge in [0.05, 0.1) is 32.8 Å². The number of nitrogens with zero attached hydrogens (tertiary/aromatic N) is 5. The Morgan fingerprint density at radius 1 is 1.03 bits per heavy atom. The van der Waals surface area contributed by atoms with Crippen molar-refractivity contribution < 1.29 is 14.2 Å². The maximum Gasteiger partial charge on any atom is 0.213 e. The summed E-state index contributed by atoms with van der Waals surface area (Å²) in [4.78, 5) is 18.7. The van der Waals surface area contributed by atoms with Gasteiger partial charge in [-0.25, -0.2) is 19.9 Å². The number of pyridine rings is 1. The molecule has 0 aliphatic carbocycles. The van der Waals surface area contributed by atoms with Crippen molar-refractivity contribution in [2.24, 2.45) is 0 Å². The second-order valence-corrected chi connectivity index (χ2v) is 7.58. The molecule has 0 saturated carbocycles. The lowest BCUT2D eigenvalue weighted by molar-refractivity contribution is 0.327. The molecule has 10 heteroatoms. The molecule has 0 spiro atoms. The van der Waals surface area contributed by atoms with Crippen LogP contribution in [-0.2, 0) is 0 Å². The molecule has 0 bridgehead atoms. The van der Waals surface area contributed by atoms with E-state index in [-0.39, 0.29) is 0 Å². The fourth-order valence-electron chi connectivity index (χ4n) is 3.32. The van der Waals surface area contributed by atoms with Crippen LogP contribution < -0.4 is 18.9 Å². The molecule has 3 heterocycles. The Morgan fingerprint density at radius 2 is 1.79 bits per heavy atom. The summed E-state index contributed by atoms with van der Waals surface area (Å²) in [6, 6.07) is 11.1. The Balaban J connectivity index is 1.95. The fourth-order valence-corrected chi connectivity index (χ4v) is 3.86. The molecule has 0 amide bonds. The van der Waals surface area contributed by atoms with Gasteiger partial charge in [-0.2, -0.15) is 0 Å². The first-order valence-corrected chi connectivity index (χ1v) is 11.5. The number of rotatable bonds is 9. The molecule has 4 rings (SSSR count). The van der Waals surface area contributed by atoms with Gasteiger partial charge in [0, 0.05) is 6.07 Å². The van der Waals surface area contributed by atoms with Crippen LogP contribution in [0.2, 0.25) is 0 Å². The van der Waals surface area contributed by atoms with Gasteiger partial charge in [-0.15, -0.1) is 5.92 Å². The highest BCUT2D eigenvalue weighted by Crippen LogP contribution is 2.38. The number of fused-ring (bicyclic) bond motifs is 1. The van der Waals surface area contributed by atoms with Crippen LogP contribution in [0.3, 0.4) is 0 Å². The van der Waals surface area contributed by atoms with E-state index in [2.05, 4.69) is 26.5 Å². The van der Waals surface area contributed by atoms with E-state index in [1.165, 1.54) is 11.9 Å². The lowest BCUT2D eigenvalue weighted by atomic mass is 10.2. The number of benzene rings is 1. The third-order valence-electron chi connectivity index (χ3n) is 4.74. The van der Waals surface area contributed by atoms with Gasteiger partial charge in [0.15, 0.2) is 22.9 Å². The van der Waals surface area contributed by atoms with E-state index >= 15 is 0 Å². The highest BCUT2D eigenvalue weighted by Gasteiger charge is 2.23. The third kappa shape index (κ3) is 4.70. The summed E-state index contributed by atoms with van der Waals surface area (Å²) < 4.78 is 22.0. The number of anilines is 1. The topological polar surface area (TPSA) is 96.2 Å². The van der Waals surface area contributed by atoms with Gasteiger partial charge in [0.2, 0.25) is 5.88 Å². The minimum absolute atomic E-state index is 0.454. The number of nitrogens with one attached hydrogen (secondary N) is 1. The zero-order valence-electron chi connectivity index (χ0n) is 19.3. The molecule has 0 aliphatic heterocycles. The molecule has 0 fully saturated rings. The average Bonchev–Trinajstić information content (AvgIpc) is 3.25. The Kier molecular flexibility index (Phi) is 7.34. The van der Waals surface area contributed by atoms with Crippen LogP contribution in [-0.4, -0.2) is 51.1 Å². The molecule has 0 atom stereocenters. The van der Waals surface area contributed by atoms with E-state index in [1.807, 2.05) is 48.7 Å². The molecule has 0 aliphatic rings. The van der Waals surface area contributed by atoms with E-state index in [1.54, 1.807) is 26.5 Å². The average molecular weight is 477 g/mol. The minimum Gasteiger partial charge on any atom is -0.494 e. The normalized spacial score (nSPS) is 10.5. The van der Waals surface area contributed by atoms with E-state index < -0.39 is 0 Å². The van der Waals surface area contributed by atoms with Gasteiger partial charge in [-0.05, 0) is 44.0 Å². The molecule has 174 valence electrons. The molecule has 3 aromatic heterocycles. The van der Waals surface area contributed by atoms with Gasteiger partial charge in [0.25, 0.3) is 0 Å². The Hall–Kier alpha value is -3.97. The van der Waals surface area contributed by atoms with Crippen molar-refractivity contribution in [1.29, 1.82) is 0 Å². The number of ether oxygens (including phenoxy) is 3. The quantitative estimate of drug-likeness (QED) is 0.214. The largest absolute Gasteiger partial charge is 0.494 e. The van der Waals surface area contributed by atoms with Gasteiger partial charge >= 0.3 is 0 Å². The van der Waals surface area contributed by atoms with Crippen LogP contribution in [0.1, 0.15) is 13.8 Å². The number of para-hydroxylation sites is 1. The van der Waals surface area contributed by atoms with Crippen molar-refractivity contribution in [2.45, 2.75) is 13.8 Å². The van der Waals surface area contributed by atoms with E-state index in [4.69, 9.17) is 24.2 Å². The summed E-state index contributed by atoms with van der Waals surface area (Å²) in [5.74, 6) is 9.27. The molecule has 34 heavy (non-hydrogen) atoms. The second-order valence-electron chi connectivity index (χ2n) is 6.80. The highest BCUT2D eigenvalue weighted by atomic mass is 32.2. The molecule has 0 radical (unpaired) electrons. The summed E-state index contributed by atoms with van der Waals surface area (Å²) >= 11 is 1.43. The summed E-state index contributed by atoms with van der Waals surface area (Å²) in [5.41, 5.74) is 2.22. The van der Waals surface area contributed by atoms with E-state index in [0.717, 1.165) is 0 Å². The highest BCUT2D eigenvalue weighted by molar-refractivity contribution is 8.00. The number of imidazole rings is 1. The van der Waals surface area contributed by atoms with Crippen LogP contribution in [0.25, 0.3) is 28.5 Å². The van der Waals surface area contributed by atoms with Crippen molar-refractivity contribution in [3.63, 3.8) is 0 Å².